The van der Waals surface area contributed by atoms with Gasteiger partial charge in [0.2, 0.25) is 0 Å². The first-order valence-electron chi connectivity index (χ1n) is 9.63. The number of furan rings is 1. The molecule has 0 saturated heterocycles. The summed E-state index contributed by atoms with van der Waals surface area (Å²) in [4.78, 5) is 0. The number of benzene rings is 5. The van der Waals surface area contributed by atoms with Gasteiger partial charge in [0.05, 0.1) is 0 Å². The molecule has 0 N–H and O–H groups in total. The van der Waals surface area contributed by atoms with Crippen molar-refractivity contribution in [2.75, 3.05) is 0 Å². The van der Waals surface area contributed by atoms with E-state index in [1.54, 1.807) is 0 Å². The van der Waals surface area contributed by atoms with Crippen molar-refractivity contribution in [1.29, 1.82) is 0 Å². The van der Waals surface area contributed by atoms with Gasteiger partial charge in [-0.3, -0.25) is 0 Å². The minimum absolute atomic E-state index is 0.972. The van der Waals surface area contributed by atoms with E-state index >= 15 is 0 Å². The summed E-state index contributed by atoms with van der Waals surface area (Å²) in [7, 11) is 0. The maximum absolute atomic E-state index is 6.53. The fourth-order valence-corrected chi connectivity index (χ4v) is 4.45. The summed E-state index contributed by atoms with van der Waals surface area (Å²) >= 11 is 0. The zero-order chi connectivity index (χ0) is 18.7. The number of para-hydroxylation sites is 1. The van der Waals surface area contributed by atoms with Crippen molar-refractivity contribution in [2.45, 2.75) is 6.92 Å². The second-order valence-electron chi connectivity index (χ2n) is 7.43. The molecule has 1 heterocycles. The number of rotatable bonds is 1. The van der Waals surface area contributed by atoms with Gasteiger partial charge >= 0.3 is 0 Å². The first-order valence-corrected chi connectivity index (χ1v) is 9.63. The van der Waals surface area contributed by atoms with E-state index in [0.717, 1.165) is 16.7 Å². The van der Waals surface area contributed by atoms with Gasteiger partial charge in [0, 0.05) is 16.3 Å². The van der Waals surface area contributed by atoms with E-state index in [0.29, 0.717) is 0 Å². The van der Waals surface area contributed by atoms with Crippen molar-refractivity contribution in [3.63, 3.8) is 0 Å². The summed E-state index contributed by atoms with van der Waals surface area (Å²) < 4.78 is 6.53. The Hall–Kier alpha value is -3.58. The Morgan fingerprint density at radius 3 is 2.11 bits per heavy atom. The van der Waals surface area contributed by atoms with Gasteiger partial charge in [-0.2, -0.15) is 0 Å². The van der Waals surface area contributed by atoms with Crippen molar-refractivity contribution in [3.05, 3.63) is 96.6 Å². The van der Waals surface area contributed by atoms with Crippen molar-refractivity contribution < 1.29 is 4.42 Å². The lowest BCUT2D eigenvalue weighted by Crippen LogP contribution is -1.84. The summed E-state index contributed by atoms with van der Waals surface area (Å²) in [5, 5.41) is 7.37. The number of hydrogen-bond donors (Lipinski definition) is 0. The van der Waals surface area contributed by atoms with Crippen LogP contribution < -0.4 is 0 Å². The van der Waals surface area contributed by atoms with Gasteiger partial charge in [-0.05, 0) is 45.7 Å². The van der Waals surface area contributed by atoms with E-state index < -0.39 is 0 Å². The van der Waals surface area contributed by atoms with Crippen LogP contribution in [0.2, 0.25) is 0 Å². The van der Waals surface area contributed by atoms with Gasteiger partial charge in [0.15, 0.2) is 0 Å². The molecule has 0 atom stereocenters. The lowest BCUT2D eigenvalue weighted by molar-refractivity contribution is 0.667. The van der Waals surface area contributed by atoms with Gasteiger partial charge in [-0.1, -0.05) is 84.9 Å². The third-order valence-electron chi connectivity index (χ3n) is 5.77. The average molecular weight is 358 g/mol. The van der Waals surface area contributed by atoms with Crippen molar-refractivity contribution in [2.24, 2.45) is 0 Å². The van der Waals surface area contributed by atoms with E-state index in [-0.39, 0.29) is 0 Å². The summed E-state index contributed by atoms with van der Waals surface area (Å²) in [5.74, 6) is 0. The molecule has 0 fully saturated rings. The largest absolute Gasteiger partial charge is 0.455 e. The molecule has 5 aromatic carbocycles. The zero-order valence-corrected chi connectivity index (χ0v) is 15.6. The summed E-state index contributed by atoms with van der Waals surface area (Å²) in [6.45, 7) is 2.12. The molecular formula is C27H18O. The van der Waals surface area contributed by atoms with E-state index in [4.69, 9.17) is 4.42 Å². The highest BCUT2D eigenvalue weighted by molar-refractivity contribution is 6.23. The minimum atomic E-state index is 0.972. The van der Waals surface area contributed by atoms with Crippen molar-refractivity contribution >= 4 is 43.5 Å². The lowest BCUT2D eigenvalue weighted by Gasteiger charge is -2.10. The van der Waals surface area contributed by atoms with E-state index in [2.05, 4.69) is 97.9 Å². The van der Waals surface area contributed by atoms with E-state index in [9.17, 15) is 0 Å². The molecule has 0 unspecified atom stereocenters. The SMILES string of the molecule is Cc1cccc2c1oc1c(-c3cccc4ccccc34)cc3ccccc3c12. The molecule has 1 aromatic heterocycles. The maximum Gasteiger partial charge on any atom is 0.143 e. The second kappa shape index (κ2) is 5.71. The summed E-state index contributed by atoms with van der Waals surface area (Å²) in [6, 6.07) is 32.3. The number of aryl methyl sites for hydroxylation is 1. The molecule has 0 radical (unpaired) electrons. The molecule has 0 amide bonds. The lowest BCUT2D eigenvalue weighted by atomic mass is 9.93. The Kier molecular flexibility index (Phi) is 3.15. The molecule has 132 valence electrons. The summed E-state index contributed by atoms with van der Waals surface area (Å²) in [6.07, 6.45) is 0. The Balaban J connectivity index is 1.87. The quantitative estimate of drug-likeness (QED) is 0.291. The number of hydrogen-bond acceptors (Lipinski definition) is 1. The van der Waals surface area contributed by atoms with Crippen LogP contribution in [0.1, 0.15) is 5.56 Å². The molecule has 6 aromatic rings. The fraction of sp³-hybridized carbons (Fsp3) is 0.0370. The van der Waals surface area contributed by atoms with Crippen LogP contribution in [0.4, 0.5) is 0 Å². The molecule has 28 heavy (non-hydrogen) atoms. The minimum Gasteiger partial charge on any atom is -0.455 e. The monoisotopic (exact) mass is 358 g/mol. The third kappa shape index (κ3) is 2.07. The predicted molar refractivity (Wildman–Crippen MR) is 119 cm³/mol. The van der Waals surface area contributed by atoms with Crippen LogP contribution in [0.5, 0.6) is 0 Å². The Morgan fingerprint density at radius 1 is 0.536 bits per heavy atom. The highest BCUT2D eigenvalue weighted by atomic mass is 16.3. The zero-order valence-electron chi connectivity index (χ0n) is 15.6. The van der Waals surface area contributed by atoms with Crippen LogP contribution >= 0.6 is 0 Å². The molecule has 1 nitrogen and oxygen atoms in total. The Bertz CT molecular complexity index is 1510. The predicted octanol–water partition coefficient (Wildman–Crippen LogP) is 7.87. The third-order valence-corrected chi connectivity index (χ3v) is 5.77. The molecule has 0 aliphatic rings. The van der Waals surface area contributed by atoms with Crippen LogP contribution in [-0.2, 0) is 0 Å². The smallest absolute Gasteiger partial charge is 0.143 e. The van der Waals surface area contributed by atoms with Crippen LogP contribution in [-0.4, -0.2) is 0 Å². The van der Waals surface area contributed by atoms with Gasteiger partial charge in [-0.25, -0.2) is 0 Å². The highest BCUT2D eigenvalue weighted by Gasteiger charge is 2.17. The molecule has 1 heteroatoms. The number of fused-ring (bicyclic) bond motifs is 6. The fourth-order valence-electron chi connectivity index (χ4n) is 4.45. The highest BCUT2D eigenvalue weighted by Crippen LogP contribution is 2.43. The van der Waals surface area contributed by atoms with Gasteiger partial charge in [-0.15, -0.1) is 0 Å². The maximum atomic E-state index is 6.53. The van der Waals surface area contributed by atoms with Crippen LogP contribution in [0.25, 0.3) is 54.6 Å². The van der Waals surface area contributed by atoms with Crippen molar-refractivity contribution in [1.82, 2.24) is 0 Å². The van der Waals surface area contributed by atoms with Gasteiger partial charge in [0.25, 0.3) is 0 Å². The standard InChI is InChI=1S/C27H18O/c1-17-8-6-15-23-25-21-13-5-3-10-19(21)16-24(27(25)28-26(17)23)22-14-7-11-18-9-2-4-12-20(18)22/h2-16H,1H3. The molecular weight excluding hydrogens is 340 g/mol. The molecule has 0 spiro atoms. The topological polar surface area (TPSA) is 13.1 Å². The molecule has 0 aliphatic carbocycles. The van der Waals surface area contributed by atoms with Crippen LogP contribution in [0.3, 0.4) is 0 Å². The molecule has 0 bridgehead atoms. The van der Waals surface area contributed by atoms with Gasteiger partial charge < -0.3 is 4.42 Å². The summed E-state index contributed by atoms with van der Waals surface area (Å²) in [5.41, 5.74) is 5.49. The Labute approximate surface area is 162 Å². The molecule has 6 rings (SSSR count). The molecule has 0 aliphatic heterocycles. The van der Waals surface area contributed by atoms with Gasteiger partial charge in [0.1, 0.15) is 11.2 Å². The second-order valence-corrected chi connectivity index (χ2v) is 7.43. The average Bonchev–Trinajstić information content (AvgIpc) is 3.14. The van der Waals surface area contributed by atoms with E-state index in [1.807, 2.05) is 0 Å². The normalized spacial score (nSPS) is 11.8. The Morgan fingerprint density at radius 2 is 1.21 bits per heavy atom. The van der Waals surface area contributed by atoms with Crippen molar-refractivity contribution in [3.8, 4) is 11.1 Å². The van der Waals surface area contributed by atoms with E-state index in [1.165, 1.54) is 43.4 Å². The first kappa shape index (κ1) is 15.5. The van der Waals surface area contributed by atoms with Crippen LogP contribution in [0.15, 0.2) is 95.4 Å². The molecule has 0 saturated carbocycles. The van der Waals surface area contributed by atoms with Crippen LogP contribution in [0, 0.1) is 6.92 Å². The first-order chi connectivity index (χ1) is 13.8.